The largest absolute Gasteiger partial charge is 0.511 e. The Hall–Kier alpha value is -2.86. The summed E-state index contributed by atoms with van der Waals surface area (Å²) in [5, 5.41) is 14.5. The molecule has 4 nitrogen and oxygen atoms in total. The van der Waals surface area contributed by atoms with Crippen molar-refractivity contribution in [2.75, 3.05) is 0 Å². The number of hydrogen-bond acceptors (Lipinski definition) is 4. The molecule has 3 unspecified atom stereocenters. The molecule has 1 aliphatic carbocycles. The average molecular weight is 423 g/mol. The Balaban J connectivity index is 1.52. The van der Waals surface area contributed by atoms with Gasteiger partial charge in [0, 0.05) is 35.4 Å². The monoisotopic (exact) mass is 423 g/mol. The number of carbonyl (C=O) groups is 2. The number of aliphatic hydroxyl groups excluding tert-OH is 1. The molecule has 5 rings (SSSR count). The highest BCUT2D eigenvalue weighted by Crippen LogP contribution is 2.53. The molecule has 31 heavy (non-hydrogen) atoms. The Labute approximate surface area is 179 Å². The van der Waals surface area contributed by atoms with Crippen LogP contribution in [0, 0.1) is 50.2 Å². The van der Waals surface area contributed by atoms with Gasteiger partial charge in [0.25, 0.3) is 0 Å². The maximum absolute atomic E-state index is 13.7. The van der Waals surface area contributed by atoms with E-state index in [0.29, 0.717) is 12.0 Å². The highest BCUT2D eigenvalue weighted by molar-refractivity contribution is 6.26. The summed E-state index contributed by atoms with van der Waals surface area (Å²) in [5.74, 6) is -3.82. The zero-order valence-electron chi connectivity index (χ0n) is 17.5. The third-order valence-electron chi connectivity index (χ3n) is 7.14. The van der Waals surface area contributed by atoms with E-state index >= 15 is 0 Å². The predicted octanol–water partition coefficient (Wildman–Crippen LogP) is 4.22. The summed E-state index contributed by atoms with van der Waals surface area (Å²) in [6.07, 6.45) is 0.432. The van der Waals surface area contributed by atoms with E-state index in [1.807, 2.05) is 32.9 Å². The first-order chi connectivity index (χ1) is 14.7. The number of halogens is 2. The minimum Gasteiger partial charge on any atom is -0.511 e. The van der Waals surface area contributed by atoms with Crippen LogP contribution >= 0.6 is 0 Å². The van der Waals surface area contributed by atoms with Gasteiger partial charge in [-0.25, -0.2) is 8.78 Å². The lowest BCUT2D eigenvalue weighted by Gasteiger charge is -2.28. The molecule has 6 heteroatoms. The zero-order chi connectivity index (χ0) is 22.2. The minimum atomic E-state index is -1.06. The van der Waals surface area contributed by atoms with Crippen LogP contribution in [0.4, 0.5) is 8.78 Å². The van der Waals surface area contributed by atoms with Crippen molar-refractivity contribution in [1.29, 1.82) is 0 Å². The maximum Gasteiger partial charge on any atom is 0.172 e. The van der Waals surface area contributed by atoms with E-state index in [2.05, 4.69) is 5.32 Å². The molecule has 0 aromatic heterocycles. The van der Waals surface area contributed by atoms with Gasteiger partial charge in [-0.05, 0) is 62.1 Å². The van der Waals surface area contributed by atoms with E-state index in [9.17, 15) is 23.5 Å². The maximum atomic E-state index is 13.7. The van der Waals surface area contributed by atoms with Gasteiger partial charge in [0.2, 0.25) is 0 Å². The molecule has 0 amide bonds. The Bertz CT molecular complexity index is 1160. The van der Waals surface area contributed by atoms with Crippen molar-refractivity contribution in [3.8, 4) is 0 Å². The summed E-state index contributed by atoms with van der Waals surface area (Å²) in [7, 11) is 0. The number of carbonyl (C=O) groups excluding carboxylic acids is 2. The zero-order valence-corrected chi connectivity index (χ0v) is 17.5. The van der Waals surface area contributed by atoms with Gasteiger partial charge in [-0.3, -0.25) is 9.59 Å². The predicted molar refractivity (Wildman–Crippen MR) is 112 cm³/mol. The molecule has 2 aromatic rings. The second kappa shape index (κ2) is 6.82. The molecule has 2 bridgehead atoms. The van der Waals surface area contributed by atoms with Crippen LogP contribution in [-0.2, 0) is 4.79 Å². The Morgan fingerprint density at radius 1 is 1.03 bits per heavy atom. The minimum absolute atomic E-state index is 0.0350. The second-order valence-electron chi connectivity index (χ2n) is 9.08. The summed E-state index contributed by atoms with van der Waals surface area (Å²) >= 11 is 0. The first-order valence-corrected chi connectivity index (χ1v) is 10.5. The van der Waals surface area contributed by atoms with Crippen LogP contribution in [0.2, 0.25) is 0 Å². The van der Waals surface area contributed by atoms with Gasteiger partial charge in [0.1, 0.15) is 5.76 Å². The molecule has 2 N–H and O–H groups in total. The van der Waals surface area contributed by atoms with Crippen molar-refractivity contribution < 1.29 is 23.5 Å². The standard InChI is InChI=1S/C25H23F2NO3/c1-10-6-11(2)18(12(3)7-10)21-24(30)19-17-9-14(22(28-17)20(19)25(21)31)23(29)13-4-5-15(26)16(27)8-13/h4-8,14,17,19-20,22,28,31H,9H2,1-3H3/t14?,17?,19-,20-,22?/m0/s1. The SMILES string of the molecule is Cc1cc(C)c(C2=C(O)[C@@H]3C4NC(CC4C(=O)c4ccc(F)c(F)c4)[C@@H]3C2=O)c(C)c1. The molecular formula is C25H23F2NO3. The smallest absolute Gasteiger partial charge is 0.172 e. The summed E-state index contributed by atoms with van der Waals surface area (Å²) in [6, 6.07) is 6.49. The quantitative estimate of drug-likeness (QED) is 0.726. The molecule has 3 aliphatic rings. The number of aryl methyl sites for hydroxylation is 3. The first-order valence-electron chi connectivity index (χ1n) is 10.5. The number of aliphatic hydroxyl groups is 1. The van der Waals surface area contributed by atoms with Gasteiger partial charge in [-0.2, -0.15) is 0 Å². The fourth-order valence-corrected chi connectivity index (χ4v) is 6.03. The van der Waals surface area contributed by atoms with E-state index in [0.717, 1.165) is 34.4 Å². The Morgan fingerprint density at radius 2 is 1.71 bits per heavy atom. The highest BCUT2D eigenvalue weighted by Gasteiger charge is 2.62. The molecule has 0 radical (unpaired) electrons. The third-order valence-corrected chi connectivity index (χ3v) is 7.14. The number of allylic oxidation sites excluding steroid dienone is 1. The number of rotatable bonds is 3. The van der Waals surface area contributed by atoms with Crippen LogP contribution in [0.5, 0.6) is 0 Å². The summed E-state index contributed by atoms with van der Waals surface area (Å²) in [4.78, 5) is 26.4. The van der Waals surface area contributed by atoms with Crippen molar-refractivity contribution in [3.05, 3.63) is 75.5 Å². The lowest BCUT2D eigenvalue weighted by Crippen LogP contribution is -2.38. The number of hydrogen-bond donors (Lipinski definition) is 2. The molecule has 2 saturated heterocycles. The van der Waals surface area contributed by atoms with Crippen molar-refractivity contribution >= 4 is 17.1 Å². The summed E-state index contributed by atoms with van der Waals surface area (Å²) in [6.45, 7) is 5.85. The van der Waals surface area contributed by atoms with Crippen molar-refractivity contribution in [3.63, 3.8) is 0 Å². The van der Waals surface area contributed by atoms with E-state index in [1.165, 1.54) is 6.07 Å². The van der Waals surface area contributed by atoms with E-state index in [1.54, 1.807) is 0 Å². The first kappa shape index (κ1) is 20.1. The van der Waals surface area contributed by atoms with Gasteiger partial charge in [0.05, 0.1) is 5.57 Å². The Kier molecular flexibility index (Phi) is 4.42. The van der Waals surface area contributed by atoms with Crippen molar-refractivity contribution in [2.45, 2.75) is 39.3 Å². The average Bonchev–Trinajstić information content (AvgIpc) is 3.36. The van der Waals surface area contributed by atoms with Crippen LogP contribution in [0.3, 0.4) is 0 Å². The van der Waals surface area contributed by atoms with Crippen LogP contribution < -0.4 is 5.32 Å². The number of nitrogens with one attached hydrogen (secondary N) is 1. The molecule has 0 saturated carbocycles. The lowest BCUT2D eigenvalue weighted by molar-refractivity contribution is -0.118. The fourth-order valence-electron chi connectivity index (χ4n) is 6.03. The molecule has 2 aromatic carbocycles. The number of fused-ring (bicyclic) bond motifs is 5. The van der Waals surface area contributed by atoms with Crippen LogP contribution in [0.1, 0.15) is 39.0 Å². The molecule has 2 aliphatic heterocycles. The van der Waals surface area contributed by atoms with Crippen LogP contribution in [0.25, 0.3) is 5.57 Å². The molecule has 160 valence electrons. The van der Waals surface area contributed by atoms with Gasteiger partial charge in [-0.1, -0.05) is 17.7 Å². The van der Waals surface area contributed by atoms with Crippen LogP contribution in [-0.4, -0.2) is 28.8 Å². The second-order valence-corrected chi connectivity index (χ2v) is 9.08. The fraction of sp³-hybridized carbons (Fsp3) is 0.360. The number of Topliss-reactive ketones (excluding diaryl/α,β-unsaturated/α-hetero) is 2. The van der Waals surface area contributed by atoms with E-state index < -0.39 is 35.4 Å². The lowest BCUT2D eigenvalue weighted by atomic mass is 9.72. The molecule has 5 atom stereocenters. The van der Waals surface area contributed by atoms with Gasteiger partial charge >= 0.3 is 0 Å². The van der Waals surface area contributed by atoms with Gasteiger partial charge in [-0.15, -0.1) is 0 Å². The molecule has 2 heterocycles. The van der Waals surface area contributed by atoms with E-state index in [-0.39, 0.29) is 28.9 Å². The molecule has 0 spiro atoms. The van der Waals surface area contributed by atoms with Gasteiger partial charge in [0.15, 0.2) is 23.2 Å². The normalized spacial score (nSPS) is 29.1. The number of benzene rings is 2. The third kappa shape index (κ3) is 2.81. The molecule has 2 fully saturated rings. The van der Waals surface area contributed by atoms with Crippen molar-refractivity contribution in [1.82, 2.24) is 5.32 Å². The highest BCUT2D eigenvalue weighted by atomic mass is 19.2. The summed E-state index contributed by atoms with van der Waals surface area (Å²) < 4.78 is 26.9. The Morgan fingerprint density at radius 3 is 2.35 bits per heavy atom. The summed E-state index contributed by atoms with van der Waals surface area (Å²) in [5.41, 5.74) is 4.19. The molecular weight excluding hydrogens is 400 g/mol. The van der Waals surface area contributed by atoms with Gasteiger partial charge < -0.3 is 10.4 Å². The topological polar surface area (TPSA) is 66.4 Å². The van der Waals surface area contributed by atoms with Crippen LogP contribution in [0.15, 0.2) is 36.1 Å². The van der Waals surface area contributed by atoms with Crippen molar-refractivity contribution in [2.24, 2.45) is 17.8 Å². The number of ketones is 2. The van der Waals surface area contributed by atoms with E-state index in [4.69, 9.17) is 0 Å².